The largest absolute Gasteiger partial charge is 0.334 e. The number of hydrogen-bond acceptors (Lipinski definition) is 2. The molecule has 2 aliphatic carbocycles. The zero-order valence-electron chi connectivity index (χ0n) is 40.6. The van der Waals surface area contributed by atoms with E-state index in [1.807, 2.05) is 12.1 Å². The van der Waals surface area contributed by atoms with E-state index in [0.717, 1.165) is 49.9 Å². The molecule has 0 aromatic heterocycles. The molecular weight excluding hydrogens is 859 g/mol. The Labute approximate surface area is 411 Å². The number of rotatable bonds is 6. The summed E-state index contributed by atoms with van der Waals surface area (Å²) < 4.78 is 29.8. The lowest BCUT2D eigenvalue weighted by Crippen LogP contribution is -2.54. The molecule has 70 heavy (non-hydrogen) atoms. The van der Waals surface area contributed by atoms with E-state index in [-0.39, 0.29) is 33.5 Å². The first-order chi connectivity index (χ1) is 34.0. The molecule has 0 radical (unpaired) electrons. The van der Waals surface area contributed by atoms with E-state index in [4.69, 9.17) is 0 Å². The highest BCUT2D eigenvalue weighted by molar-refractivity contribution is 6.22. The van der Waals surface area contributed by atoms with Crippen LogP contribution in [0, 0.1) is 11.6 Å². The second-order valence-electron chi connectivity index (χ2n) is 21.7. The topological polar surface area (TPSA) is 6.48 Å². The van der Waals surface area contributed by atoms with E-state index in [0.29, 0.717) is 0 Å². The van der Waals surface area contributed by atoms with Crippen molar-refractivity contribution < 1.29 is 8.78 Å². The van der Waals surface area contributed by atoms with Gasteiger partial charge in [-0.2, -0.15) is 0 Å². The van der Waals surface area contributed by atoms with E-state index in [1.54, 1.807) is 24.3 Å². The molecule has 0 amide bonds. The van der Waals surface area contributed by atoms with Crippen molar-refractivity contribution >= 4 is 44.3 Å². The highest BCUT2D eigenvalue weighted by Crippen LogP contribution is 2.63. The van der Waals surface area contributed by atoms with Crippen LogP contribution in [0.25, 0.3) is 66.1 Å². The maximum atomic E-state index is 14.9. The molecule has 13 rings (SSSR count). The highest BCUT2D eigenvalue weighted by Gasteiger charge is 2.59. The van der Waals surface area contributed by atoms with Crippen LogP contribution < -0.4 is 9.80 Å². The van der Waals surface area contributed by atoms with Gasteiger partial charge in [0.2, 0.25) is 0 Å². The Morgan fingerprint density at radius 2 is 0.729 bits per heavy atom. The number of halogens is 2. The third kappa shape index (κ3) is 6.14. The average Bonchev–Trinajstić information content (AvgIpc) is 3.72. The van der Waals surface area contributed by atoms with Gasteiger partial charge in [-0.15, -0.1) is 0 Å². The van der Waals surface area contributed by atoms with Crippen LogP contribution in [0.1, 0.15) is 90.2 Å². The first-order valence-corrected chi connectivity index (χ1v) is 25.6. The van der Waals surface area contributed by atoms with Crippen LogP contribution >= 0.6 is 0 Å². The summed E-state index contributed by atoms with van der Waals surface area (Å²) in [6, 6.07) is 64.5. The normalized spacial score (nSPS) is 23.6. The summed E-state index contributed by atoms with van der Waals surface area (Å²) in [5.74, 6) is -0.403. The Bertz CT molecular complexity index is 3330. The Morgan fingerprint density at radius 3 is 1.14 bits per heavy atom. The number of hydrogen-bond donors (Lipinski definition) is 0. The van der Waals surface area contributed by atoms with Crippen molar-refractivity contribution in [3.05, 3.63) is 205 Å². The molecule has 0 N–H and O–H groups in total. The van der Waals surface area contributed by atoms with E-state index in [9.17, 15) is 8.78 Å². The fourth-order valence-electron chi connectivity index (χ4n) is 14.3. The van der Waals surface area contributed by atoms with Crippen LogP contribution in [-0.2, 0) is 10.8 Å². The smallest absolute Gasteiger partial charge is 0.125 e. The van der Waals surface area contributed by atoms with E-state index < -0.39 is 0 Å². The molecule has 2 saturated carbocycles. The zero-order valence-corrected chi connectivity index (χ0v) is 40.6. The van der Waals surface area contributed by atoms with Crippen molar-refractivity contribution in [2.45, 2.75) is 101 Å². The highest BCUT2D eigenvalue weighted by atomic mass is 19.1. The number of benzene rings is 9. The van der Waals surface area contributed by atoms with Gasteiger partial charge in [-0.05, 0) is 190 Å². The summed E-state index contributed by atoms with van der Waals surface area (Å²) in [6.45, 7) is 9.71. The van der Waals surface area contributed by atoms with Gasteiger partial charge in [0.1, 0.15) is 11.6 Å². The van der Waals surface area contributed by atoms with Crippen molar-refractivity contribution in [2.24, 2.45) is 0 Å². The van der Waals surface area contributed by atoms with Crippen LogP contribution in [0.2, 0.25) is 0 Å². The summed E-state index contributed by atoms with van der Waals surface area (Å²) >= 11 is 0. The SMILES string of the molecule is CC12CCCCC1(C)N(c1cccc(F)c1)c1ccc(-c3ccc4c(-c5ccccc5)c5cc(-c6ccc7c(c6)C6(C)CCCCC6(C)N7c6cccc(F)c6)ccc5c(-c5ccccc5)c4c3)cc12. The molecule has 2 fully saturated rings. The predicted molar refractivity (Wildman–Crippen MR) is 289 cm³/mol. The zero-order chi connectivity index (χ0) is 47.6. The lowest BCUT2D eigenvalue weighted by molar-refractivity contribution is 0.195. The Morgan fingerprint density at radius 1 is 0.343 bits per heavy atom. The van der Waals surface area contributed by atoms with Crippen molar-refractivity contribution in [3.63, 3.8) is 0 Å². The van der Waals surface area contributed by atoms with Gasteiger partial charge in [-0.3, -0.25) is 0 Å². The summed E-state index contributed by atoms with van der Waals surface area (Å²) in [5.41, 5.74) is 16.0. The molecular formula is C66H58F2N2. The second-order valence-corrected chi connectivity index (χ2v) is 21.7. The maximum absolute atomic E-state index is 14.9. The molecule has 2 aliphatic heterocycles. The fourth-order valence-corrected chi connectivity index (χ4v) is 14.3. The molecule has 9 aromatic carbocycles. The lowest BCUT2D eigenvalue weighted by atomic mass is 9.61. The van der Waals surface area contributed by atoms with Crippen LogP contribution in [0.15, 0.2) is 182 Å². The molecule has 4 unspecified atom stereocenters. The van der Waals surface area contributed by atoms with Crippen molar-refractivity contribution in [3.8, 4) is 44.5 Å². The molecule has 0 spiro atoms. The van der Waals surface area contributed by atoms with Crippen molar-refractivity contribution in [2.75, 3.05) is 9.80 Å². The molecule has 4 atom stereocenters. The van der Waals surface area contributed by atoms with Gasteiger partial charge in [0.25, 0.3) is 0 Å². The summed E-state index contributed by atoms with van der Waals surface area (Å²) in [5, 5.41) is 4.87. The summed E-state index contributed by atoms with van der Waals surface area (Å²) in [7, 11) is 0. The Hall–Kier alpha value is -7.04. The van der Waals surface area contributed by atoms with Crippen LogP contribution in [-0.4, -0.2) is 11.1 Å². The molecule has 9 aromatic rings. The second kappa shape index (κ2) is 15.7. The molecule has 4 heteroatoms. The minimum Gasteiger partial charge on any atom is -0.334 e. The first kappa shape index (κ1) is 43.0. The number of anilines is 4. The fraction of sp³-hybridized carbons (Fsp3) is 0.242. The van der Waals surface area contributed by atoms with Gasteiger partial charge in [0, 0.05) is 33.6 Å². The first-order valence-electron chi connectivity index (χ1n) is 25.6. The van der Waals surface area contributed by atoms with Gasteiger partial charge >= 0.3 is 0 Å². The third-order valence-corrected chi connectivity index (χ3v) is 18.2. The third-order valence-electron chi connectivity index (χ3n) is 18.2. The van der Waals surface area contributed by atoms with Crippen molar-refractivity contribution in [1.29, 1.82) is 0 Å². The maximum Gasteiger partial charge on any atom is 0.125 e. The Kier molecular flexibility index (Phi) is 9.67. The van der Waals surface area contributed by atoms with Crippen LogP contribution in [0.5, 0.6) is 0 Å². The summed E-state index contributed by atoms with van der Waals surface area (Å²) in [6.07, 6.45) is 8.97. The molecule has 0 saturated heterocycles. The molecule has 4 aliphatic rings. The Balaban J connectivity index is 1.00. The van der Waals surface area contributed by atoms with Gasteiger partial charge in [0.15, 0.2) is 0 Å². The molecule has 2 nitrogen and oxygen atoms in total. The number of fused-ring (bicyclic) bond motifs is 8. The summed E-state index contributed by atoms with van der Waals surface area (Å²) in [4.78, 5) is 4.90. The van der Waals surface area contributed by atoms with Crippen LogP contribution in [0.3, 0.4) is 0 Å². The van der Waals surface area contributed by atoms with E-state index >= 15 is 0 Å². The standard InChI is InChI=1S/C66H58F2N2/c1-63-33-11-13-35-65(63,3)69(51-23-15-21-49(67)41-51)59-31-27-47(39-57(59)63)45-25-29-53-55(37-45)61(43-17-7-5-8-18-43)54-30-26-46(38-56(54)62(53)44-19-9-6-10-20-44)48-28-32-60-58(40-48)64(2)34-12-14-36-66(64,4)70(60)52-24-16-22-50(68)42-52/h5-10,15-32,37-42H,11-14,33-36H2,1-4H3. The van der Waals surface area contributed by atoms with Gasteiger partial charge in [-0.25, -0.2) is 8.78 Å². The molecule has 0 bridgehead atoms. The predicted octanol–water partition coefficient (Wildman–Crippen LogP) is 18.4. The average molecular weight is 917 g/mol. The number of nitrogens with zero attached hydrogens (tertiary/aromatic N) is 2. The van der Waals surface area contributed by atoms with Gasteiger partial charge < -0.3 is 9.80 Å². The minimum atomic E-state index is -0.201. The van der Waals surface area contributed by atoms with Gasteiger partial charge in [-0.1, -0.05) is 149 Å². The van der Waals surface area contributed by atoms with E-state index in [1.165, 1.54) is 101 Å². The minimum absolute atomic E-state index is 0.101. The molecule has 2 heterocycles. The molecule has 346 valence electrons. The lowest BCUT2D eigenvalue weighted by Gasteiger charge is -2.50. The van der Waals surface area contributed by atoms with Crippen LogP contribution in [0.4, 0.5) is 31.5 Å². The van der Waals surface area contributed by atoms with E-state index in [2.05, 4.69) is 183 Å². The quantitative estimate of drug-likeness (QED) is 0.153. The van der Waals surface area contributed by atoms with Crippen molar-refractivity contribution in [1.82, 2.24) is 0 Å². The van der Waals surface area contributed by atoms with Gasteiger partial charge in [0.05, 0.1) is 11.1 Å². The monoisotopic (exact) mass is 916 g/mol.